The highest BCUT2D eigenvalue weighted by Crippen LogP contribution is 2.23. The third-order valence-electron chi connectivity index (χ3n) is 2.42. The van der Waals surface area contributed by atoms with Gasteiger partial charge in [-0.2, -0.15) is 0 Å². The third kappa shape index (κ3) is 4.19. The fraction of sp³-hybridized carbons (Fsp3) is 0.231. The Morgan fingerprint density at radius 3 is 2.58 bits per heavy atom. The van der Waals surface area contributed by atoms with Crippen molar-refractivity contribution >= 4 is 29.2 Å². The summed E-state index contributed by atoms with van der Waals surface area (Å²) in [5, 5.41) is 17.8. The molecule has 0 heterocycles. The number of rotatable bonds is 6. The third-order valence-corrected chi connectivity index (χ3v) is 2.75. The van der Waals surface area contributed by atoms with Gasteiger partial charge in [0, 0.05) is 12.2 Å². The second kappa shape index (κ2) is 6.66. The minimum atomic E-state index is -1.15. The van der Waals surface area contributed by atoms with Gasteiger partial charge < -0.3 is 15.1 Å². The summed E-state index contributed by atoms with van der Waals surface area (Å²) in [6.45, 7) is 0.383. The summed E-state index contributed by atoms with van der Waals surface area (Å²) in [7, 11) is 0. The maximum atomic E-state index is 11.0. The molecule has 19 heavy (non-hydrogen) atoms. The average molecular weight is 282 g/mol. The Bertz CT molecular complexity index is 536. The highest BCUT2D eigenvalue weighted by Gasteiger charge is 2.13. The van der Waals surface area contributed by atoms with Crippen molar-refractivity contribution in [1.29, 1.82) is 0 Å². The van der Waals surface area contributed by atoms with Gasteiger partial charge in [-0.3, -0.25) is 4.79 Å². The fourth-order valence-corrected chi connectivity index (χ4v) is 1.71. The minimum Gasteiger partial charge on any atom is -0.481 e. The van der Waals surface area contributed by atoms with Crippen molar-refractivity contribution in [2.45, 2.75) is 6.42 Å². The van der Waals surface area contributed by atoms with E-state index in [1.54, 1.807) is 11.0 Å². The van der Waals surface area contributed by atoms with Gasteiger partial charge in [0.15, 0.2) is 0 Å². The maximum Gasteiger partial charge on any atom is 0.337 e. The van der Waals surface area contributed by atoms with Crippen LogP contribution >= 0.6 is 11.6 Å². The summed E-state index contributed by atoms with van der Waals surface area (Å²) in [6.07, 6.45) is 5.13. The number of nitrogens with zero attached hydrogens (tertiary/aromatic N) is 1. The number of aromatic carboxylic acids is 1. The molecule has 0 atom stereocenters. The first-order valence-electron chi connectivity index (χ1n) is 5.38. The molecule has 2 N–H and O–H groups in total. The smallest absolute Gasteiger partial charge is 0.337 e. The van der Waals surface area contributed by atoms with Crippen LogP contribution in [0.4, 0.5) is 5.69 Å². The number of aliphatic carboxylic acids is 1. The molecule has 0 saturated heterocycles. The predicted molar refractivity (Wildman–Crippen MR) is 71.7 cm³/mol. The van der Waals surface area contributed by atoms with Gasteiger partial charge >= 0.3 is 11.9 Å². The average Bonchev–Trinajstić information content (AvgIpc) is 2.34. The van der Waals surface area contributed by atoms with Gasteiger partial charge in [0.05, 0.1) is 23.6 Å². The minimum absolute atomic E-state index is 0.0449. The molecule has 1 aromatic rings. The highest BCUT2D eigenvalue weighted by molar-refractivity contribution is 6.33. The van der Waals surface area contributed by atoms with E-state index in [-0.39, 0.29) is 30.1 Å². The first-order valence-corrected chi connectivity index (χ1v) is 5.76. The molecule has 0 aliphatic rings. The van der Waals surface area contributed by atoms with Gasteiger partial charge in [0.1, 0.15) is 0 Å². The van der Waals surface area contributed by atoms with E-state index < -0.39 is 11.9 Å². The molecule has 0 spiro atoms. The molecule has 0 fully saturated rings. The molecule has 0 aromatic heterocycles. The molecular formula is C13H12ClNO4. The summed E-state index contributed by atoms with van der Waals surface area (Å²) < 4.78 is 0. The lowest BCUT2D eigenvalue weighted by molar-refractivity contribution is -0.136. The van der Waals surface area contributed by atoms with Crippen LogP contribution in [0.5, 0.6) is 0 Å². The Hall–Kier alpha value is -2.19. The Kier molecular flexibility index (Phi) is 5.22. The monoisotopic (exact) mass is 281 g/mol. The number of benzene rings is 1. The zero-order chi connectivity index (χ0) is 14.4. The van der Waals surface area contributed by atoms with Crippen molar-refractivity contribution in [3.8, 4) is 12.3 Å². The number of terminal acetylenes is 1. The predicted octanol–water partition coefficient (Wildman–Crippen LogP) is 1.95. The standard InChI is InChI=1S/C13H12ClNO4/c1-2-6-15(7-5-12(16)17)9-3-4-11(14)10(8-9)13(18)19/h1,3-4,8H,5-7H2,(H,16,17)(H,18,19). The topological polar surface area (TPSA) is 77.8 Å². The van der Waals surface area contributed by atoms with Gasteiger partial charge in [0.25, 0.3) is 0 Å². The number of hydrogen-bond donors (Lipinski definition) is 2. The summed E-state index contributed by atoms with van der Waals surface area (Å²) >= 11 is 5.77. The molecule has 0 aliphatic heterocycles. The van der Waals surface area contributed by atoms with Gasteiger partial charge in [-0.05, 0) is 18.2 Å². The lowest BCUT2D eigenvalue weighted by Crippen LogP contribution is -2.26. The summed E-state index contributed by atoms with van der Waals surface area (Å²) in [5.41, 5.74) is 0.484. The van der Waals surface area contributed by atoms with Crippen LogP contribution in [-0.2, 0) is 4.79 Å². The molecular weight excluding hydrogens is 270 g/mol. The molecule has 1 rings (SSSR count). The number of carbonyl (C=O) groups is 2. The molecule has 0 unspecified atom stereocenters. The van der Waals surface area contributed by atoms with E-state index in [0.29, 0.717) is 5.69 Å². The van der Waals surface area contributed by atoms with E-state index in [0.717, 1.165) is 0 Å². The van der Waals surface area contributed by atoms with Crippen LogP contribution in [0.3, 0.4) is 0 Å². The number of hydrogen-bond acceptors (Lipinski definition) is 3. The van der Waals surface area contributed by atoms with E-state index in [4.69, 9.17) is 28.2 Å². The second-order valence-electron chi connectivity index (χ2n) is 3.74. The van der Waals surface area contributed by atoms with Gasteiger partial charge in [0.2, 0.25) is 0 Å². The molecule has 0 radical (unpaired) electrons. The molecule has 5 nitrogen and oxygen atoms in total. The summed E-state index contributed by atoms with van der Waals surface area (Å²) in [5.74, 6) is 0.309. The zero-order valence-corrected chi connectivity index (χ0v) is 10.7. The van der Waals surface area contributed by atoms with Crippen LogP contribution in [0.15, 0.2) is 18.2 Å². The maximum absolute atomic E-state index is 11.0. The quantitative estimate of drug-likeness (QED) is 0.779. The fourth-order valence-electron chi connectivity index (χ4n) is 1.51. The van der Waals surface area contributed by atoms with Gasteiger partial charge in [-0.1, -0.05) is 17.5 Å². The van der Waals surface area contributed by atoms with E-state index in [9.17, 15) is 9.59 Å². The molecule has 0 bridgehead atoms. The van der Waals surface area contributed by atoms with E-state index >= 15 is 0 Å². The van der Waals surface area contributed by atoms with Gasteiger partial charge in [-0.25, -0.2) is 4.79 Å². The molecule has 0 saturated carbocycles. The van der Waals surface area contributed by atoms with Crippen LogP contribution in [0.2, 0.25) is 5.02 Å². The first kappa shape index (κ1) is 14.9. The summed E-state index contributed by atoms with van der Waals surface area (Å²) in [6, 6.07) is 4.43. The number of halogens is 1. The SMILES string of the molecule is C#CCN(CCC(=O)O)c1ccc(Cl)c(C(=O)O)c1. The number of anilines is 1. The van der Waals surface area contributed by atoms with Crippen molar-refractivity contribution in [3.63, 3.8) is 0 Å². The Morgan fingerprint density at radius 2 is 2.05 bits per heavy atom. The number of carboxylic acids is 2. The molecule has 100 valence electrons. The molecule has 1 aromatic carbocycles. The van der Waals surface area contributed by atoms with Crippen LogP contribution in [0, 0.1) is 12.3 Å². The first-order chi connectivity index (χ1) is 8.95. The van der Waals surface area contributed by atoms with Crippen molar-refractivity contribution in [2.24, 2.45) is 0 Å². The van der Waals surface area contributed by atoms with Crippen molar-refractivity contribution in [1.82, 2.24) is 0 Å². The largest absolute Gasteiger partial charge is 0.481 e. The van der Waals surface area contributed by atoms with Crippen LogP contribution in [0.25, 0.3) is 0 Å². The highest BCUT2D eigenvalue weighted by atomic mass is 35.5. The van der Waals surface area contributed by atoms with E-state index in [1.807, 2.05) is 0 Å². The lowest BCUT2D eigenvalue weighted by atomic mass is 10.2. The Balaban J connectivity index is 3.02. The van der Waals surface area contributed by atoms with Crippen LogP contribution in [0.1, 0.15) is 16.8 Å². The Morgan fingerprint density at radius 1 is 1.37 bits per heavy atom. The molecule has 0 amide bonds. The van der Waals surface area contributed by atoms with Crippen molar-refractivity contribution in [3.05, 3.63) is 28.8 Å². The van der Waals surface area contributed by atoms with Crippen LogP contribution < -0.4 is 4.90 Å². The Labute approximate surface area is 115 Å². The zero-order valence-electron chi connectivity index (χ0n) is 9.97. The summed E-state index contributed by atoms with van der Waals surface area (Å²) in [4.78, 5) is 23.2. The number of carboxylic acid groups (broad SMARTS) is 2. The second-order valence-corrected chi connectivity index (χ2v) is 4.15. The molecule has 0 aliphatic carbocycles. The van der Waals surface area contributed by atoms with Crippen molar-refractivity contribution < 1.29 is 19.8 Å². The lowest BCUT2D eigenvalue weighted by Gasteiger charge is -2.22. The van der Waals surface area contributed by atoms with Crippen LogP contribution in [-0.4, -0.2) is 35.2 Å². The van der Waals surface area contributed by atoms with E-state index in [2.05, 4.69) is 5.92 Å². The molecule has 6 heteroatoms. The van der Waals surface area contributed by atoms with Crippen molar-refractivity contribution in [2.75, 3.05) is 18.0 Å². The van der Waals surface area contributed by atoms with Gasteiger partial charge in [-0.15, -0.1) is 6.42 Å². The normalized spacial score (nSPS) is 9.68. The van der Waals surface area contributed by atoms with E-state index in [1.165, 1.54) is 12.1 Å².